The maximum absolute atomic E-state index is 13.5. The van der Waals surface area contributed by atoms with Gasteiger partial charge in [0.05, 0.1) is 27.8 Å². The van der Waals surface area contributed by atoms with Crippen LogP contribution in [0.1, 0.15) is 74.3 Å². The summed E-state index contributed by atoms with van der Waals surface area (Å²) >= 11 is 0. The fourth-order valence-electron chi connectivity index (χ4n) is 5.13. The lowest BCUT2D eigenvalue weighted by Crippen LogP contribution is -2.40. The lowest BCUT2D eigenvalue weighted by Gasteiger charge is -2.32. The molecular weight excluding hydrogens is 446 g/mol. The van der Waals surface area contributed by atoms with Crippen LogP contribution in [-0.2, 0) is 15.3 Å². The molecule has 0 amide bonds. The Hall–Kier alpha value is -2.95. The minimum Gasteiger partial charge on any atom is -0.357 e. The highest BCUT2D eigenvalue weighted by Crippen LogP contribution is 2.44. The number of sulfone groups is 1. The molecule has 1 aliphatic carbocycles. The van der Waals surface area contributed by atoms with Crippen molar-refractivity contribution in [1.29, 1.82) is 5.26 Å². The Morgan fingerprint density at radius 2 is 1.74 bits per heavy atom. The van der Waals surface area contributed by atoms with E-state index in [1.54, 1.807) is 36.4 Å². The number of nitrogens with zero attached hydrogens (tertiary/aromatic N) is 2. The third-order valence-electron chi connectivity index (χ3n) is 6.99. The summed E-state index contributed by atoms with van der Waals surface area (Å²) in [6.45, 7) is 12.7. The van der Waals surface area contributed by atoms with Crippen LogP contribution in [0.3, 0.4) is 0 Å². The smallest absolute Gasteiger partial charge is 0.195 e. The average Bonchev–Trinajstić information content (AvgIpc) is 3.17. The molecule has 1 aliphatic rings. The summed E-state index contributed by atoms with van der Waals surface area (Å²) < 4.78 is 26.5. The molecule has 0 saturated heterocycles. The second kappa shape index (κ2) is 8.37. The van der Waals surface area contributed by atoms with E-state index in [4.69, 9.17) is 0 Å². The third-order valence-corrected chi connectivity index (χ3v) is 8.68. The summed E-state index contributed by atoms with van der Waals surface area (Å²) in [7, 11) is -3.53. The number of nitriles is 1. The number of H-pyrrole nitrogens is 1. The summed E-state index contributed by atoms with van der Waals surface area (Å²) in [6, 6.07) is 12.8. The molecule has 0 saturated carbocycles. The number of aromatic nitrogens is 1. The van der Waals surface area contributed by atoms with Gasteiger partial charge in [-0.2, -0.15) is 5.26 Å². The predicted molar refractivity (Wildman–Crippen MR) is 134 cm³/mol. The van der Waals surface area contributed by atoms with Crippen molar-refractivity contribution in [3.8, 4) is 6.07 Å². The van der Waals surface area contributed by atoms with Crippen molar-refractivity contribution in [3.63, 3.8) is 0 Å². The average molecular weight is 478 g/mol. The maximum atomic E-state index is 13.5. The highest BCUT2D eigenvalue weighted by atomic mass is 32.2. The van der Waals surface area contributed by atoms with Gasteiger partial charge in [-0.05, 0) is 63.6 Å². The first kappa shape index (κ1) is 24.2. The zero-order valence-corrected chi connectivity index (χ0v) is 21.4. The van der Waals surface area contributed by atoms with E-state index in [1.807, 2.05) is 13.8 Å². The van der Waals surface area contributed by atoms with Crippen molar-refractivity contribution in [2.75, 3.05) is 12.3 Å². The Bertz CT molecular complexity index is 1430. The van der Waals surface area contributed by atoms with E-state index in [0.29, 0.717) is 28.8 Å². The summed E-state index contributed by atoms with van der Waals surface area (Å²) in [6.07, 6.45) is 0. The molecular formula is C27H31N3O3S. The van der Waals surface area contributed by atoms with Crippen LogP contribution in [0.15, 0.2) is 41.3 Å². The predicted octanol–water partition coefficient (Wildman–Crippen LogP) is 4.80. The summed E-state index contributed by atoms with van der Waals surface area (Å²) in [5, 5.41) is 10.0. The zero-order valence-electron chi connectivity index (χ0n) is 20.6. The van der Waals surface area contributed by atoms with Crippen molar-refractivity contribution in [3.05, 3.63) is 64.3 Å². The number of fused-ring (bicyclic) bond motifs is 4. The van der Waals surface area contributed by atoms with E-state index in [-0.39, 0.29) is 28.5 Å². The van der Waals surface area contributed by atoms with Gasteiger partial charge in [0.15, 0.2) is 15.6 Å². The molecule has 0 atom stereocenters. The summed E-state index contributed by atoms with van der Waals surface area (Å²) in [4.78, 5) is 19.3. The Morgan fingerprint density at radius 3 is 2.35 bits per heavy atom. The molecule has 4 rings (SSSR count). The van der Waals surface area contributed by atoms with Crippen molar-refractivity contribution in [2.45, 2.75) is 63.9 Å². The molecule has 1 heterocycles. The van der Waals surface area contributed by atoms with Crippen molar-refractivity contribution >= 4 is 26.5 Å². The first-order chi connectivity index (χ1) is 15.9. The van der Waals surface area contributed by atoms with Crippen LogP contribution in [0.2, 0.25) is 0 Å². The van der Waals surface area contributed by atoms with E-state index >= 15 is 0 Å². The first-order valence-electron chi connectivity index (χ1n) is 11.6. The molecule has 3 aromatic rings. The quantitative estimate of drug-likeness (QED) is 0.550. The molecule has 7 heteroatoms. The molecule has 2 aromatic carbocycles. The molecule has 0 aliphatic heterocycles. The lowest BCUT2D eigenvalue weighted by molar-refractivity contribution is 0.103. The minimum absolute atomic E-state index is 0.0189. The molecule has 0 spiro atoms. The number of rotatable bonds is 6. The van der Waals surface area contributed by atoms with Crippen LogP contribution >= 0.6 is 0 Å². The van der Waals surface area contributed by atoms with Crippen molar-refractivity contribution in [1.82, 2.24) is 9.88 Å². The third kappa shape index (κ3) is 3.85. The van der Waals surface area contributed by atoms with Crippen LogP contribution in [-0.4, -0.2) is 48.5 Å². The number of aromatic amines is 1. The molecule has 1 aromatic heterocycles. The monoisotopic (exact) mass is 477 g/mol. The number of carbonyl (C=O) groups excluding carboxylic acids is 1. The van der Waals surface area contributed by atoms with Crippen LogP contribution in [0.25, 0.3) is 10.9 Å². The second-order valence-corrected chi connectivity index (χ2v) is 12.3. The Morgan fingerprint density at radius 1 is 1.06 bits per heavy atom. The fraction of sp³-hybridized carbons (Fsp3) is 0.407. The van der Waals surface area contributed by atoms with Crippen LogP contribution in [0, 0.1) is 11.3 Å². The van der Waals surface area contributed by atoms with E-state index in [2.05, 4.69) is 43.6 Å². The topological polar surface area (TPSA) is 94.0 Å². The van der Waals surface area contributed by atoms with Crippen molar-refractivity contribution in [2.24, 2.45) is 0 Å². The van der Waals surface area contributed by atoms with Crippen LogP contribution < -0.4 is 0 Å². The Labute approximate surface area is 201 Å². The summed E-state index contributed by atoms with van der Waals surface area (Å²) in [5.74, 6) is -0.111. The van der Waals surface area contributed by atoms with Gasteiger partial charge in [0.25, 0.3) is 0 Å². The van der Waals surface area contributed by atoms with E-state index < -0.39 is 15.3 Å². The van der Waals surface area contributed by atoms with Crippen molar-refractivity contribution < 1.29 is 13.2 Å². The largest absolute Gasteiger partial charge is 0.357 e. The molecule has 0 fully saturated rings. The van der Waals surface area contributed by atoms with Gasteiger partial charge < -0.3 is 4.98 Å². The molecule has 1 N–H and O–H groups in total. The Balaban J connectivity index is 1.76. The van der Waals surface area contributed by atoms with Gasteiger partial charge in [0.2, 0.25) is 0 Å². The zero-order chi connectivity index (χ0) is 25.0. The van der Waals surface area contributed by atoms with E-state index in [9.17, 15) is 18.5 Å². The molecule has 34 heavy (non-hydrogen) atoms. The molecule has 0 bridgehead atoms. The van der Waals surface area contributed by atoms with Gasteiger partial charge in [-0.1, -0.05) is 19.9 Å². The number of hydrogen-bond donors (Lipinski definition) is 1. The summed E-state index contributed by atoms with van der Waals surface area (Å²) in [5.41, 5.74) is 3.19. The van der Waals surface area contributed by atoms with Gasteiger partial charge in [-0.3, -0.25) is 9.69 Å². The molecule has 0 unspecified atom stereocenters. The Kier molecular flexibility index (Phi) is 5.95. The number of hydrogen-bond acceptors (Lipinski definition) is 5. The number of carbonyl (C=O) groups is 1. The van der Waals surface area contributed by atoms with Gasteiger partial charge in [-0.15, -0.1) is 0 Å². The minimum atomic E-state index is -3.53. The van der Waals surface area contributed by atoms with Gasteiger partial charge >= 0.3 is 0 Å². The SMILES string of the molecule is CC(C)N(CCS(=O)(=O)c1ccc2c(c1)C(C)(C)c1[nH]c3cc(C#N)ccc3c1C2=O)C(C)C. The lowest BCUT2D eigenvalue weighted by atomic mass is 9.71. The normalized spacial score (nSPS) is 15.1. The number of benzene rings is 2. The number of nitrogens with one attached hydrogen (secondary N) is 1. The van der Waals surface area contributed by atoms with E-state index in [0.717, 1.165) is 16.6 Å². The van der Waals surface area contributed by atoms with Gasteiger partial charge in [0, 0.05) is 46.2 Å². The second-order valence-electron chi connectivity index (χ2n) is 10.2. The van der Waals surface area contributed by atoms with Crippen LogP contribution in [0.5, 0.6) is 0 Å². The highest BCUT2D eigenvalue weighted by Gasteiger charge is 2.40. The standard InChI is InChI=1S/C27H31N3O3S/c1-16(2)30(17(3)4)11-12-34(32,33)19-8-10-20-22(14-19)27(5,6)26-24(25(20)31)21-9-7-18(15-28)13-23(21)29-26/h7-10,13-14,16-17,29H,11-12H2,1-6H3. The first-order valence-corrected chi connectivity index (χ1v) is 13.3. The molecule has 0 radical (unpaired) electrons. The van der Waals surface area contributed by atoms with Gasteiger partial charge in [0.1, 0.15) is 0 Å². The molecule has 6 nitrogen and oxygen atoms in total. The van der Waals surface area contributed by atoms with Gasteiger partial charge in [-0.25, -0.2) is 8.42 Å². The number of ketones is 1. The maximum Gasteiger partial charge on any atom is 0.195 e. The fourth-order valence-corrected chi connectivity index (χ4v) is 6.39. The highest BCUT2D eigenvalue weighted by molar-refractivity contribution is 7.91. The molecule has 178 valence electrons. The van der Waals surface area contributed by atoms with Crippen LogP contribution in [0.4, 0.5) is 0 Å². The van der Waals surface area contributed by atoms with E-state index in [1.165, 1.54) is 0 Å².